The van der Waals surface area contributed by atoms with Crippen LogP contribution in [0.5, 0.6) is 0 Å². The summed E-state index contributed by atoms with van der Waals surface area (Å²) in [5.41, 5.74) is 4.52. The minimum absolute atomic E-state index is 0.0417. The zero-order valence-corrected chi connectivity index (χ0v) is 23.5. The zero-order valence-electron chi connectivity index (χ0n) is 23.5. The fourth-order valence-corrected chi connectivity index (χ4v) is 4.54. The number of amides is 1. The number of benzene rings is 1. The summed E-state index contributed by atoms with van der Waals surface area (Å²) in [6.45, 7) is 13.7. The average Bonchev–Trinajstić information content (AvgIpc) is 3.46. The smallest absolute Gasteiger partial charge is 0.315 e. The number of hydrogen-bond donors (Lipinski definition) is 3. The van der Waals surface area contributed by atoms with E-state index in [2.05, 4.69) is 53.1 Å². The molecule has 1 saturated heterocycles. The van der Waals surface area contributed by atoms with Gasteiger partial charge >= 0.3 is 11.8 Å². The van der Waals surface area contributed by atoms with Crippen LogP contribution in [0, 0.1) is 6.92 Å². The van der Waals surface area contributed by atoms with Crippen molar-refractivity contribution in [2.45, 2.75) is 46.1 Å². The van der Waals surface area contributed by atoms with Gasteiger partial charge < -0.3 is 25.4 Å². The Bertz CT molecular complexity index is 1470. The van der Waals surface area contributed by atoms with Gasteiger partial charge in [-0.05, 0) is 49.2 Å². The Morgan fingerprint density at radius 3 is 2.55 bits per heavy atom. The Morgan fingerprint density at radius 2 is 1.88 bits per heavy atom. The molecule has 1 atom stereocenters. The number of piperazine rings is 1. The van der Waals surface area contributed by atoms with Crippen molar-refractivity contribution in [3.8, 4) is 11.3 Å². The average molecular weight is 542 g/mol. The highest BCUT2D eigenvalue weighted by Crippen LogP contribution is 2.26. The number of nitrogens with zero attached hydrogens (tertiary/aromatic N) is 6. The second kappa shape index (κ2) is 11.4. The number of aryl methyl sites for hydroxylation is 1. The van der Waals surface area contributed by atoms with E-state index < -0.39 is 5.91 Å². The van der Waals surface area contributed by atoms with Crippen LogP contribution in [0.4, 0.5) is 17.5 Å². The molecule has 4 aromatic rings. The molecule has 1 amide bonds. The van der Waals surface area contributed by atoms with Crippen molar-refractivity contribution < 1.29 is 9.32 Å². The molecule has 208 valence electrons. The van der Waals surface area contributed by atoms with Gasteiger partial charge in [0.15, 0.2) is 5.82 Å². The van der Waals surface area contributed by atoms with E-state index in [4.69, 9.17) is 9.51 Å². The number of carbonyl (C=O) groups excluding carboxylic acids is 1. The van der Waals surface area contributed by atoms with Crippen molar-refractivity contribution in [3.05, 3.63) is 71.6 Å². The highest BCUT2D eigenvalue weighted by atomic mass is 16.5. The van der Waals surface area contributed by atoms with E-state index in [1.165, 1.54) is 0 Å². The van der Waals surface area contributed by atoms with Crippen LogP contribution in [0.3, 0.4) is 0 Å². The molecule has 0 spiro atoms. The highest BCUT2D eigenvalue weighted by molar-refractivity contribution is 5.89. The molecule has 1 aliphatic rings. The molecule has 1 aromatic carbocycles. The van der Waals surface area contributed by atoms with Crippen LogP contribution >= 0.6 is 0 Å². The molecule has 3 N–H and O–H groups in total. The Morgan fingerprint density at radius 1 is 1.07 bits per heavy atom. The summed E-state index contributed by atoms with van der Waals surface area (Å²) in [7, 11) is 0. The van der Waals surface area contributed by atoms with Gasteiger partial charge in [0.2, 0.25) is 5.95 Å². The molecule has 4 heterocycles. The number of nitrogens with one attached hydrogen (secondary N) is 3. The lowest BCUT2D eigenvalue weighted by atomic mass is 9.96. The van der Waals surface area contributed by atoms with Crippen LogP contribution in [-0.2, 0) is 5.41 Å². The van der Waals surface area contributed by atoms with E-state index >= 15 is 0 Å². The summed E-state index contributed by atoms with van der Waals surface area (Å²) in [5.74, 6) is 1.20. The molecule has 0 radical (unpaired) electrons. The topological polar surface area (TPSA) is 134 Å². The van der Waals surface area contributed by atoms with Crippen molar-refractivity contribution in [1.29, 1.82) is 0 Å². The molecule has 3 aromatic heterocycles. The maximum absolute atomic E-state index is 12.7. The number of pyridine rings is 1. The molecule has 1 fully saturated rings. The van der Waals surface area contributed by atoms with E-state index in [1.54, 1.807) is 6.20 Å². The maximum Gasteiger partial charge on any atom is 0.315 e. The number of anilines is 3. The summed E-state index contributed by atoms with van der Waals surface area (Å²) < 4.78 is 5.18. The first-order valence-corrected chi connectivity index (χ1v) is 13.4. The van der Waals surface area contributed by atoms with Crippen LogP contribution < -0.4 is 20.9 Å². The lowest BCUT2D eigenvalue weighted by Crippen LogP contribution is -2.43. The largest absolute Gasteiger partial charge is 0.368 e. The molecule has 0 unspecified atom stereocenters. The summed E-state index contributed by atoms with van der Waals surface area (Å²) >= 11 is 0. The second-order valence-corrected chi connectivity index (χ2v) is 11.0. The van der Waals surface area contributed by atoms with Crippen molar-refractivity contribution in [2.75, 3.05) is 36.4 Å². The summed E-state index contributed by atoms with van der Waals surface area (Å²) in [6.07, 6.45) is 3.60. The third-order valence-electron chi connectivity index (χ3n) is 6.80. The van der Waals surface area contributed by atoms with Crippen molar-refractivity contribution in [2.24, 2.45) is 0 Å². The van der Waals surface area contributed by atoms with Crippen LogP contribution in [0.15, 0.2) is 53.3 Å². The second-order valence-electron chi connectivity index (χ2n) is 11.0. The van der Waals surface area contributed by atoms with Crippen molar-refractivity contribution >= 4 is 23.4 Å². The number of hydrogen-bond acceptors (Lipinski definition) is 10. The first-order valence-electron chi connectivity index (χ1n) is 13.4. The van der Waals surface area contributed by atoms with E-state index in [-0.39, 0.29) is 17.3 Å². The van der Waals surface area contributed by atoms with Gasteiger partial charge in [0.1, 0.15) is 5.82 Å². The van der Waals surface area contributed by atoms with E-state index in [0.717, 1.165) is 54.3 Å². The standard InChI is InChI=1S/C29H35N9O2/c1-18-16-20(6-8-22(18)19(2)33-25(39)26-36-27(37-40-26)29(3,4)5)23-10-11-31-28(34-23)35-24-9-7-21(17-32-24)38-14-12-30-13-15-38/h6-11,16-17,19,30H,12-15H2,1-5H3,(H,33,39)(H,31,32,34,35)/t19-/m1/s1. The summed E-state index contributed by atoms with van der Waals surface area (Å²) in [4.78, 5) is 32.9. The lowest BCUT2D eigenvalue weighted by molar-refractivity contribution is 0.0895. The van der Waals surface area contributed by atoms with Gasteiger partial charge in [-0.3, -0.25) is 4.79 Å². The van der Waals surface area contributed by atoms with E-state index in [9.17, 15) is 4.79 Å². The van der Waals surface area contributed by atoms with Crippen LogP contribution in [0.25, 0.3) is 11.3 Å². The first kappa shape index (κ1) is 27.2. The fourth-order valence-electron chi connectivity index (χ4n) is 4.54. The SMILES string of the molecule is Cc1cc(-c2ccnc(Nc3ccc(N4CCNCC4)cn3)n2)ccc1[C@@H](C)NC(=O)c1nc(C(C)(C)C)no1. The quantitative estimate of drug-likeness (QED) is 0.313. The van der Waals surface area contributed by atoms with Crippen molar-refractivity contribution in [3.63, 3.8) is 0 Å². The van der Waals surface area contributed by atoms with Gasteiger partial charge in [0.25, 0.3) is 0 Å². The molecule has 0 bridgehead atoms. The van der Waals surface area contributed by atoms with Crippen LogP contribution in [-0.4, -0.2) is 57.2 Å². The van der Waals surface area contributed by atoms with E-state index in [0.29, 0.717) is 17.6 Å². The monoisotopic (exact) mass is 541 g/mol. The minimum Gasteiger partial charge on any atom is -0.368 e. The van der Waals surface area contributed by atoms with Gasteiger partial charge in [0.05, 0.1) is 23.6 Å². The predicted molar refractivity (Wildman–Crippen MR) is 154 cm³/mol. The van der Waals surface area contributed by atoms with Gasteiger partial charge in [-0.25, -0.2) is 15.0 Å². The Hall–Kier alpha value is -4.38. The Kier molecular flexibility index (Phi) is 7.74. The highest BCUT2D eigenvalue weighted by Gasteiger charge is 2.25. The van der Waals surface area contributed by atoms with E-state index in [1.807, 2.05) is 65.1 Å². The van der Waals surface area contributed by atoms with Gasteiger partial charge in [0, 0.05) is 43.4 Å². The fraction of sp³-hybridized carbons (Fsp3) is 0.379. The molecule has 11 nitrogen and oxygen atoms in total. The third-order valence-corrected chi connectivity index (χ3v) is 6.80. The molecule has 1 aliphatic heterocycles. The van der Waals surface area contributed by atoms with Crippen LogP contribution in [0.2, 0.25) is 0 Å². The lowest BCUT2D eigenvalue weighted by Gasteiger charge is -2.29. The minimum atomic E-state index is -0.403. The number of rotatable bonds is 7. The van der Waals surface area contributed by atoms with Gasteiger partial charge in [-0.15, -0.1) is 0 Å². The molecular weight excluding hydrogens is 506 g/mol. The molecule has 0 aliphatic carbocycles. The first-order chi connectivity index (χ1) is 19.2. The molecule has 11 heteroatoms. The number of carbonyl (C=O) groups is 1. The summed E-state index contributed by atoms with van der Waals surface area (Å²) in [6, 6.07) is 11.7. The molecular formula is C29H35N9O2. The predicted octanol–water partition coefficient (Wildman–Crippen LogP) is 4.17. The normalized spacial score (nSPS) is 14.6. The molecule has 0 saturated carbocycles. The third kappa shape index (κ3) is 6.26. The summed E-state index contributed by atoms with van der Waals surface area (Å²) in [5, 5.41) is 13.5. The molecule has 5 rings (SSSR count). The van der Waals surface area contributed by atoms with Crippen LogP contribution in [0.1, 0.15) is 61.4 Å². The molecule has 40 heavy (non-hydrogen) atoms. The maximum atomic E-state index is 12.7. The Balaban J connectivity index is 1.25. The number of aromatic nitrogens is 5. The zero-order chi connectivity index (χ0) is 28.3. The Labute approximate surface area is 233 Å². The van der Waals surface area contributed by atoms with Gasteiger partial charge in [-0.2, -0.15) is 4.98 Å². The van der Waals surface area contributed by atoms with Gasteiger partial charge in [-0.1, -0.05) is 38.1 Å². The van der Waals surface area contributed by atoms with Crippen molar-refractivity contribution in [1.82, 2.24) is 35.7 Å².